The number of fused-ring (bicyclic) bond motifs is 1. The van der Waals surface area contributed by atoms with E-state index < -0.39 is 0 Å². The summed E-state index contributed by atoms with van der Waals surface area (Å²) >= 11 is 0. The lowest BCUT2D eigenvalue weighted by Crippen LogP contribution is -2.30. The summed E-state index contributed by atoms with van der Waals surface area (Å²) in [5.74, 6) is 2.14. The molecule has 2 heterocycles. The minimum atomic E-state index is -0.283. The Morgan fingerprint density at radius 2 is 2.12 bits per heavy atom. The molecule has 2 saturated carbocycles. The van der Waals surface area contributed by atoms with Crippen LogP contribution in [0.5, 0.6) is 0 Å². The normalized spacial score (nSPS) is 25.5. The lowest BCUT2D eigenvalue weighted by atomic mass is 9.85. The average Bonchev–Trinajstić information content (AvgIpc) is 3.28. The van der Waals surface area contributed by atoms with Crippen molar-refractivity contribution in [2.45, 2.75) is 51.5 Å². The van der Waals surface area contributed by atoms with Gasteiger partial charge in [0.25, 0.3) is 5.56 Å². The van der Waals surface area contributed by atoms with Gasteiger partial charge in [0.1, 0.15) is 0 Å². The molecule has 2 aromatic heterocycles. The predicted molar refractivity (Wildman–Crippen MR) is 88.3 cm³/mol. The molecule has 3 atom stereocenters. The van der Waals surface area contributed by atoms with Crippen LogP contribution in [0.2, 0.25) is 0 Å². The van der Waals surface area contributed by atoms with Gasteiger partial charge in [-0.25, -0.2) is 0 Å². The Morgan fingerprint density at radius 1 is 1.33 bits per heavy atom. The number of aromatic amines is 1. The monoisotopic (exact) mass is 329 g/mol. The molecule has 0 spiro atoms. The third kappa shape index (κ3) is 2.72. The minimum Gasteiger partial charge on any atom is -0.346 e. The summed E-state index contributed by atoms with van der Waals surface area (Å²) in [7, 11) is 0. The molecule has 2 aromatic rings. The zero-order valence-corrected chi connectivity index (χ0v) is 13.9. The Balaban J connectivity index is 1.42. The van der Waals surface area contributed by atoms with Gasteiger partial charge in [-0.2, -0.15) is 0 Å². The fourth-order valence-electron chi connectivity index (χ4n) is 4.14. The number of nitrogens with zero attached hydrogens (tertiary/aromatic N) is 3. The summed E-state index contributed by atoms with van der Waals surface area (Å²) < 4.78 is 1.63. The summed E-state index contributed by atoms with van der Waals surface area (Å²) in [5.41, 5.74) is -0.0329. The maximum Gasteiger partial charge on any atom is 0.293 e. The fourth-order valence-corrected chi connectivity index (χ4v) is 4.14. The van der Waals surface area contributed by atoms with Crippen LogP contribution in [0, 0.1) is 17.8 Å². The molecule has 2 aliphatic carbocycles. The van der Waals surface area contributed by atoms with Crippen molar-refractivity contribution in [3.63, 3.8) is 0 Å². The van der Waals surface area contributed by atoms with E-state index in [0.717, 1.165) is 12.3 Å². The van der Waals surface area contributed by atoms with Crippen molar-refractivity contribution >= 4 is 11.6 Å². The second-order valence-corrected chi connectivity index (χ2v) is 7.18. The first-order valence-corrected chi connectivity index (χ1v) is 8.88. The van der Waals surface area contributed by atoms with E-state index in [2.05, 4.69) is 20.5 Å². The van der Waals surface area contributed by atoms with Crippen LogP contribution in [0.25, 0.3) is 5.65 Å². The Bertz CT molecular complexity index is 805. The largest absolute Gasteiger partial charge is 0.346 e. The number of rotatable bonds is 4. The van der Waals surface area contributed by atoms with Crippen LogP contribution in [0.4, 0.5) is 0 Å². The third-order valence-electron chi connectivity index (χ3n) is 5.54. The number of aromatic nitrogens is 4. The molecule has 0 aliphatic heterocycles. The van der Waals surface area contributed by atoms with Gasteiger partial charge in [-0.05, 0) is 25.2 Å². The van der Waals surface area contributed by atoms with E-state index in [9.17, 15) is 9.59 Å². The average molecular weight is 329 g/mol. The quantitative estimate of drug-likeness (QED) is 0.895. The van der Waals surface area contributed by atoms with E-state index in [1.54, 1.807) is 16.8 Å². The van der Waals surface area contributed by atoms with Crippen molar-refractivity contribution in [1.29, 1.82) is 0 Å². The smallest absolute Gasteiger partial charge is 0.293 e. The number of hydrogen-bond donors (Lipinski definition) is 2. The highest BCUT2D eigenvalue weighted by atomic mass is 16.2. The van der Waals surface area contributed by atoms with Crippen LogP contribution in [0.15, 0.2) is 17.2 Å². The van der Waals surface area contributed by atoms with Crippen LogP contribution in [-0.2, 0) is 4.79 Å². The van der Waals surface area contributed by atoms with Gasteiger partial charge >= 0.3 is 0 Å². The topological polar surface area (TPSA) is 92.2 Å². The van der Waals surface area contributed by atoms with Gasteiger partial charge in [-0.15, -0.1) is 10.2 Å². The Kier molecular flexibility index (Phi) is 3.86. The second kappa shape index (κ2) is 6.03. The highest BCUT2D eigenvalue weighted by Gasteiger charge is 2.47. The van der Waals surface area contributed by atoms with E-state index in [0.29, 0.717) is 11.7 Å². The number of carbonyl (C=O) groups excluding carboxylic acids is 1. The number of H-pyrrole nitrogens is 1. The number of amides is 1. The first kappa shape index (κ1) is 15.4. The van der Waals surface area contributed by atoms with E-state index in [1.807, 2.05) is 6.92 Å². The van der Waals surface area contributed by atoms with Crippen LogP contribution < -0.4 is 10.9 Å². The molecular weight excluding hydrogens is 306 g/mol. The highest BCUT2D eigenvalue weighted by Crippen LogP contribution is 2.49. The van der Waals surface area contributed by atoms with Crippen molar-refractivity contribution in [1.82, 2.24) is 24.9 Å². The molecule has 7 heteroatoms. The zero-order valence-electron chi connectivity index (χ0n) is 13.9. The Morgan fingerprint density at radius 3 is 2.92 bits per heavy atom. The molecule has 0 saturated heterocycles. The fraction of sp³-hybridized carbons (Fsp3) is 0.647. The van der Waals surface area contributed by atoms with E-state index >= 15 is 0 Å². The van der Waals surface area contributed by atoms with E-state index in [1.165, 1.54) is 32.1 Å². The maximum atomic E-state index is 12.5. The van der Waals surface area contributed by atoms with Crippen molar-refractivity contribution in [3.05, 3.63) is 28.6 Å². The van der Waals surface area contributed by atoms with Gasteiger partial charge in [0.15, 0.2) is 5.82 Å². The molecule has 0 bridgehead atoms. The van der Waals surface area contributed by atoms with E-state index in [4.69, 9.17) is 0 Å². The Labute approximate surface area is 139 Å². The molecule has 0 aromatic carbocycles. The molecule has 7 nitrogen and oxygen atoms in total. The number of nitrogens with one attached hydrogen (secondary N) is 2. The van der Waals surface area contributed by atoms with Gasteiger partial charge < -0.3 is 10.3 Å². The molecule has 3 unspecified atom stereocenters. The summed E-state index contributed by atoms with van der Waals surface area (Å²) in [4.78, 5) is 26.8. The van der Waals surface area contributed by atoms with Crippen molar-refractivity contribution in [2.75, 3.05) is 0 Å². The highest BCUT2D eigenvalue weighted by molar-refractivity contribution is 5.81. The van der Waals surface area contributed by atoms with Crippen LogP contribution in [0.1, 0.15) is 57.3 Å². The van der Waals surface area contributed by atoms with Gasteiger partial charge in [0.05, 0.1) is 6.04 Å². The lowest BCUT2D eigenvalue weighted by Gasteiger charge is -2.21. The molecule has 1 amide bonds. The summed E-state index contributed by atoms with van der Waals surface area (Å²) in [6, 6.07) is -0.276. The zero-order chi connectivity index (χ0) is 16.7. The van der Waals surface area contributed by atoms with Gasteiger partial charge in [-0.3, -0.25) is 14.0 Å². The van der Waals surface area contributed by atoms with Gasteiger partial charge in [0.2, 0.25) is 11.6 Å². The molecule has 0 radical (unpaired) electrons. The first-order valence-electron chi connectivity index (χ1n) is 8.88. The van der Waals surface area contributed by atoms with Gasteiger partial charge in [-0.1, -0.05) is 32.1 Å². The molecule has 24 heavy (non-hydrogen) atoms. The Hall–Kier alpha value is -2.18. The number of carbonyl (C=O) groups is 1. The predicted octanol–water partition coefficient (Wildman–Crippen LogP) is 1.81. The van der Waals surface area contributed by atoms with Gasteiger partial charge in [0, 0.05) is 18.3 Å². The molecule has 128 valence electrons. The first-order chi connectivity index (χ1) is 11.6. The second-order valence-electron chi connectivity index (χ2n) is 7.18. The molecular formula is C17H23N5O2. The maximum absolute atomic E-state index is 12.5. The summed E-state index contributed by atoms with van der Waals surface area (Å²) in [5, 5.41) is 11.0. The van der Waals surface area contributed by atoms with Crippen molar-refractivity contribution < 1.29 is 4.79 Å². The lowest BCUT2D eigenvalue weighted by molar-refractivity contribution is -0.123. The standard InChI is InChI=1S/C17H23N5O2/c1-10(14-20-21-15-17(24)18-7-8-22(14)15)19-16(23)13-9-12(13)11-5-3-2-4-6-11/h7-8,10-13H,2-6,9H2,1H3,(H,18,24)(H,19,23). The van der Waals surface area contributed by atoms with Crippen molar-refractivity contribution in [2.24, 2.45) is 17.8 Å². The molecule has 4 rings (SSSR count). The minimum absolute atomic E-state index is 0.111. The van der Waals surface area contributed by atoms with E-state index in [-0.39, 0.29) is 29.1 Å². The van der Waals surface area contributed by atoms with Crippen LogP contribution >= 0.6 is 0 Å². The summed E-state index contributed by atoms with van der Waals surface area (Å²) in [6.07, 6.45) is 10.8. The third-order valence-corrected chi connectivity index (χ3v) is 5.54. The van der Waals surface area contributed by atoms with Crippen LogP contribution in [-0.4, -0.2) is 25.5 Å². The number of hydrogen-bond acceptors (Lipinski definition) is 4. The molecule has 2 fully saturated rings. The van der Waals surface area contributed by atoms with Crippen molar-refractivity contribution in [3.8, 4) is 0 Å². The molecule has 2 N–H and O–H groups in total. The molecule has 2 aliphatic rings. The van der Waals surface area contributed by atoms with Crippen LogP contribution in [0.3, 0.4) is 0 Å². The SMILES string of the molecule is CC(NC(=O)C1CC1C1CCCCC1)c1nnc2c(=O)[nH]ccn12. The summed E-state index contributed by atoms with van der Waals surface area (Å²) in [6.45, 7) is 1.88.